The second kappa shape index (κ2) is 8.30. The SMILES string of the molecule is COc1ccc(CN2C(=O)COc3ccc(-n4nc(CCC(=O)O)oc4=O)nc32)cc1. The zero-order chi connectivity index (χ0) is 22.0. The lowest BCUT2D eigenvalue weighted by Crippen LogP contribution is -2.39. The minimum Gasteiger partial charge on any atom is -0.497 e. The molecule has 0 saturated carbocycles. The number of pyridine rings is 1. The fourth-order valence-electron chi connectivity index (χ4n) is 3.04. The number of aromatic nitrogens is 3. The third-order valence-corrected chi connectivity index (χ3v) is 4.59. The number of benzene rings is 1. The number of carboxylic acid groups (broad SMARTS) is 1. The van der Waals surface area contributed by atoms with E-state index in [1.165, 1.54) is 11.0 Å². The maximum Gasteiger partial charge on any atom is 0.443 e. The standard InChI is InChI=1S/C20H18N4O7/c1-29-13-4-2-12(3-5-13)10-23-17(25)11-30-14-6-7-15(21-19(14)23)24-20(28)31-16(22-24)8-9-18(26)27/h2-7H,8-11H2,1H3,(H,26,27). The molecule has 1 aliphatic heterocycles. The van der Waals surface area contributed by atoms with E-state index in [4.69, 9.17) is 19.0 Å². The van der Waals surface area contributed by atoms with Crippen molar-refractivity contribution < 1.29 is 28.6 Å². The van der Waals surface area contributed by atoms with Crippen LogP contribution < -0.4 is 20.1 Å². The molecule has 1 aromatic carbocycles. The van der Waals surface area contributed by atoms with Gasteiger partial charge in [0.05, 0.1) is 20.1 Å². The summed E-state index contributed by atoms with van der Waals surface area (Å²) in [6.45, 7) is 0.112. The zero-order valence-electron chi connectivity index (χ0n) is 16.5. The van der Waals surface area contributed by atoms with Crippen LogP contribution in [-0.2, 0) is 22.6 Å². The molecule has 4 rings (SSSR count). The minimum atomic E-state index is -1.03. The molecule has 0 unspecified atom stereocenters. The number of hydrogen-bond acceptors (Lipinski definition) is 8. The van der Waals surface area contributed by atoms with Crippen molar-refractivity contribution in [1.29, 1.82) is 0 Å². The first kappa shape index (κ1) is 20.1. The molecule has 11 heteroatoms. The number of hydrogen-bond donors (Lipinski definition) is 1. The largest absolute Gasteiger partial charge is 0.497 e. The number of anilines is 1. The Labute approximate surface area is 175 Å². The molecule has 11 nitrogen and oxygen atoms in total. The lowest BCUT2D eigenvalue weighted by Gasteiger charge is -2.28. The molecule has 1 amide bonds. The molecular weight excluding hydrogens is 408 g/mol. The first-order valence-electron chi connectivity index (χ1n) is 9.33. The molecule has 1 N–H and O–H groups in total. The lowest BCUT2D eigenvalue weighted by atomic mass is 10.2. The van der Waals surface area contributed by atoms with Gasteiger partial charge < -0.3 is 19.0 Å². The Morgan fingerprint density at radius 2 is 1.97 bits per heavy atom. The Morgan fingerprint density at radius 3 is 2.68 bits per heavy atom. The highest BCUT2D eigenvalue weighted by molar-refractivity contribution is 5.96. The van der Waals surface area contributed by atoms with Crippen LogP contribution in [0.5, 0.6) is 11.5 Å². The van der Waals surface area contributed by atoms with E-state index in [1.54, 1.807) is 25.3 Å². The van der Waals surface area contributed by atoms with Gasteiger partial charge in [0.2, 0.25) is 5.89 Å². The van der Waals surface area contributed by atoms with Gasteiger partial charge in [-0.15, -0.1) is 9.78 Å². The van der Waals surface area contributed by atoms with Gasteiger partial charge in [-0.2, -0.15) is 0 Å². The van der Waals surface area contributed by atoms with Crippen molar-refractivity contribution in [3.05, 3.63) is 58.4 Å². The number of fused-ring (bicyclic) bond motifs is 1. The zero-order valence-corrected chi connectivity index (χ0v) is 16.5. The Bertz CT molecular complexity index is 1180. The van der Waals surface area contributed by atoms with Gasteiger partial charge in [0, 0.05) is 6.42 Å². The van der Waals surface area contributed by atoms with E-state index < -0.39 is 11.7 Å². The molecule has 3 aromatic rings. The molecule has 0 saturated heterocycles. The highest BCUT2D eigenvalue weighted by Gasteiger charge is 2.28. The Morgan fingerprint density at radius 1 is 1.19 bits per heavy atom. The molecule has 0 bridgehead atoms. The van der Waals surface area contributed by atoms with Crippen LogP contribution in [0.1, 0.15) is 17.9 Å². The maximum absolute atomic E-state index is 12.5. The third kappa shape index (κ3) is 4.25. The number of amides is 1. The summed E-state index contributed by atoms with van der Waals surface area (Å²) in [5.74, 6) is -0.705. The Balaban J connectivity index is 1.65. The lowest BCUT2D eigenvalue weighted by molar-refractivity contribution is -0.137. The molecule has 0 aliphatic carbocycles. The van der Waals surface area contributed by atoms with Crippen molar-refractivity contribution >= 4 is 17.7 Å². The molecule has 0 atom stereocenters. The molecule has 3 heterocycles. The van der Waals surface area contributed by atoms with Gasteiger partial charge in [-0.3, -0.25) is 14.5 Å². The van der Waals surface area contributed by atoms with Gasteiger partial charge in [-0.1, -0.05) is 12.1 Å². The average Bonchev–Trinajstić information content (AvgIpc) is 3.15. The van der Waals surface area contributed by atoms with Crippen LogP contribution in [0.25, 0.3) is 5.82 Å². The van der Waals surface area contributed by atoms with Crippen LogP contribution >= 0.6 is 0 Å². The molecule has 0 fully saturated rings. The van der Waals surface area contributed by atoms with Gasteiger partial charge in [-0.25, -0.2) is 9.78 Å². The second-order valence-electron chi connectivity index (χ2n) is 6.68. The number of carbonyl (C=O) groups is 2. The van der Waals surface area contributed by atoms with Crippen LogP contribution in [0.2, 0.25) is 0 Å². The molecule has 1 aliphatic rings. The van der Waals surface area contributed by atoms with Crippen LogP contribution in [0.15, 0.2) is 45.6 Å². The van der Waals surface area contributed by atoms with Crippen molar-refractivity contribution in [2.45, 2.75) is 19.4 Å². The van der Waals surface area contributed by atoms with E-state index >= 15 is 0 Å². The van der Waals surface area contributed by atoms with Gasteiger partial charge in [-0.05, 0) is 29.8 Å². The summed E-state index contributed by atoms with van der Waals surface area (Å²) >= 11 is 0. The van der Waals surface area contributed by atoms with E-state index in [1.807, 2.05) is 12.1 Å². The highest BCUT2D eigenvalue weighted by Crippen LogP contribution is 2.32. The van der Waals surface area contributed by atoms with E-state index in [9.17, 15) is 14.4 Å². The van der Waals surface area contributed by atoms with Crippen molar-refractivity contribution in [3.63, 3.8) is 0 Å². The normalized spacial score (nSPS) is 12.9. The molecule has 160 valence electrons. The van der Waals surface area contributed by atoms with Crippen LogP contribution in [-0.4, -0.2) is 45.5 Å². The number of carbonyl (C=O) groups excluding carboxylic acids is 1. The van der Waals surface area contributed by atoms with E-state index in [-0.39, 0.29) is 49.4 Å². The second-order valence-corrected chi connectivity index (χ2v) is 6.68. The first-order valence-corrected chi connectivity index (χ1v) is 9.33. The van der Waals surface area contributed by atoms with Crippen LogP contribution in [0.3, 0.4) is 0 Å². The topological polar surface area (TPSA) is 137 Å². The van der Waals surface area contributed by atoms with Crippen LogP contribution in [0.4, 0.5) is 5.82 Å². The first-order chi connectivity index (χ1) is 14.9. The predicted octanol–water partition coefficient (Wildman–Crippen LogP) is 1.17. The summed E-state index contributed by atoms with van der Waals surface area (Å²) in [5, 5.41) is 12.8. The minimum absolute atomic E-state index is 0.0191. The molecule has 0 spiro atoms. The van der Waals surface area contributed by atoms with E-state index in [0.717, 1.165) is 10.2 Å². The van der Waals surface area contributed by atoms with Gasteiger partial charge in [0.25, 0.3) is 5.91 Å². The summed E-state index contributed by atoms with van der Waals surface area (Å²) in [5.41, 5.74) is 0.851. The molecule has 31 heavy (non-hydrogen) atoms. The molecule has 0 radical (unpaired) electrons. The highest BCUT2D eigenvalue weighted by atomic mass is 16.5. The maximum atomic E-state index is 12.5. The summed E-state index contributed by atoms with van der Waals surface area (Å²) < 4.78 is 16.5. The third-order valence-electron chi connectivity index (χ3n) is 4.59. The van der Waals surface area contributed by atoms with Crippen molar-refractivity contribution in [1.82, 2.24) is 14.8 Å². The van der Waals surface area contributed by atoms with Gasteiger partial charge in [0.15, 0.2) is 24.0 Å². The van der Waals surface area contributed by atoms with Crippen molar-refractivity contribution in [2.24, 2.45) is 0 Å². The number of methoxy groups -OCH3 is 1. The summed E-state index contributed by atoms with van der Waals surface area (Å²) in [7, 11) is 1.57. The number of rotatable bonds is 7. The number of aryl methyl sites for hydroxylation is 1. The molecule has 2 aromatic heterocycles. The monoisotopic (exact) mass is 426 g/mol. The summed E-state index contributed by atoms with van der Waals surface area (Å²) in [6, 6.07) is 10.3. The van der Waals surface area contributed by atoms with Gasteiger partial charge >= 0.3 is 11.7 Å². The van der Waals surface area contributed by atoms with Gasteiger partial charge in [0.1, 0.15) is 5.75 Å². The van der Waals surface area contributed by atoms with Crippen molar-refractivity contribution in [3.8, 4) is 17.3 Å². The van der Waals surface area contributed by atoms with E-state index in [0.29, 0.717) is 11.5 Å². The fraction of sp³-hybridized carbons (Fsp3) is 0.250. The predicted molar refractivity (Wildman–Crippen MR) is 106 cm³/mol. The Kier molecular flexibility index (Phi) is 5.39. The quantitative estimate of drug-likeness (QED) is 0.590. The number of ether oxygens (including phenoxy) is 2. The summed E-state index contributed by atoms with van der Waals surface area (Å²) in [4.78, 5) is 41.3. The van der Waals surface area contributed by atoms with Crippen molar-refractivity contribution in [2.75, 3.05) is 18.6 Å². The van der Waals surface area contributed by atoms with Crippen LogP contribution in [0, 0.1) is 0 Å². The Hall–Kier alpha value is -4.15. The number of aliphatic carboxylic acids is 1. The summed E-state index contributed by atoms with van der Waals surface area (Å²) in [6.07, 6.45) is -0.261. The molecular formula is C20H18N4O7. The number of nitrogens with zero attached hydrogens (tertiary/aromatic N) is 4. The van der Waals surface area contributed by atoms with E-state index in [2.05, 4.69) is 10.1 Å². The number of carboxylic acids is 1. The smallest absolute Gasteiger partial charge is 0.443 e. The average molecular weight is 426 g/mol. The fourth-order valence-corrected chi connectivity index (χ4v) is 3.04.